The van der Waals surface area contributed by atoms with Gasteiger partial charge in [0.2, 0.25) is 0 Å². The second kappa shape index (κ2) is 16.2. The van der Waals surface area contributed by atoms with Crippen molar-refractivity contribution in [2.75, 3.05) is 0 Å². The summed E-state index contributed by atoms with van der Waals surface area (Å²) in [4.78, 5) is 0. The third-order valence-corrected chi connectivity index (χ3v) is 12.9. The van der Waals surface area contributed by atoms with E-state index in [-0.39, 0.29) is 17.1 Å². The van der Waals surface area contributed by atoms with Crippen LogP contribution in [0.1, 0.15) is 50.1 Å². The first-order chi connectivity index (χ1) is 21.5. The number of hydrogen-bond donors (Lipinski definition) is 0. The summed E-state index contributed by atoms with van der Waals surface area (Å²) in [5.74, 6) is 0. The molecule has 3 heteroatoms. The number of hydrogen-bond acceptors (Lipinski definition) is 0. The van der Waals surface area contributed by atoms with Gasteiger partial charge in [-0.25, -0.2) is 18.2 Å². The molecule has 0 aromatic heterocycles. The van der Waals surface area contributed by atoms with Gasteiger partial charge in [0.25, 0.3) is 0 Å². The van der Waals surface area contributed by atoms with Crippen LogP contribution in [0.5, 0.6) is 0 Å². The van der Waals surface area contributed by atoms with Gasteiger partial charge in [0, 0.05) is 0 Å². The maximum Gasteiger partial charge on any atom is 2.00 e. The van der Waals surface area contributed by atoms with E-state index in [0.29, 0.717) is 0 Å². The standard InChI is InChI=1S/C38H41P2.C5H5.Fe/c1-25-12-26(2)17-34(16-25)39(35-18-27(3)13-28(4)19-35)24-33-10-9-11-38(33)40(36-20-29(5)14-30(6)21-36)37-22-31(7)15-32(8)23-37;1-2-4-5-3-1;/h9-23H,24H2,1-8H3;1-5H;/q2*-1;+2. The molecule has 0 atom stereocenters. The maximum atomic E-state index is 2.43. The van der Waals surface area contributed by atoms with Crippen molar-refractivity contribution in [1.29, 1.82) is 0 Å². The van der Waals surface area contributed by atoms with Crippen molar-refractivity contribution in [1.82, 2.24) is 0 Å². The van der Waals surface area contributed by atoms with Crippen LogP contribution in [-0.2, 0) is 23.2 Å². The molecule has 46 heavy (non-hydrogen) atoms. The van der Waals surface area contributed by atoms with Crippen LogP contribution in [0.2, 0.25) is 0 Å². The predicted octanol–water partition coefficient (Wildman–Crippen LogP) is 9.67. The van der Waals surface area contributed by atoms with E-state index in [0.717, 1.165) is 6.16 Å². The Balaban J connectivity index is 0.000000731. The Bertz CT molecular complexity index is 1670. The van der Waals surface area contributed by atoms with Gasteiger partial charge in [-0.05, 0) is 84.5 Å². The Morgan fingerprint density at radius 2 is 0.804 bits per heavy atom. The van der Waals surface area contributed by atoms with E-state index in [9.17, 15) is 0 Å². The molecule has 0 saturated heterocycles. The molecule has 0 N–H and O–H groups in total. The van der Waals surface area contributed by atoms with E-state index in [4.69, 9.17) is 0 Å². The molecule has 0 heterocycles. The van der Waals surface area contributed by atoms with Gasteiger partial charge in [0.15, 0.2) is 0 Å². The summed E-state index contributed by atoms with van der Waals surface area (Å²) in [7, 11) is -1.24. The van der Waals surface area contributed by atoms with E-state index in [1.54, 1.807) is 0 Å². The summed E-state index contributed by atoms with van der Waals surface area (Å²) in [5.41, 5.74) is 12.3. The molecule has 0 saturated carbocycles. The maximum absolute atomic E-state index is 2.43. The summed E-state index contributed by atoms with van der Waals surface area (Å²) in [6, 6.07) is 45.7. The summed E-state index contributed by atoms with van der Waals surface area (Å²) < 4.78 is 0. The fourth-order valence-electron chi connectivity index (χ4n) is 6.42. The molecule has 0 unspecified atom stereocenters. The number of aryl methyl sites for hydroxylation is 8. The van der Waals surface area contributed by atoms with Crippen LogP contribution in [0.15, 0.2) is 121 Å². The van der Waals surface area contributed by atoms with Gasteiger partial charge in [-0.2, -0.15) is 35.9 Å². The summed E-state index contributed by atoms with van der Waals surface area (Å²) >= 11 is 0. The van der Waals surface area contributed by atoms with Gasteiger partial charge in [0.05, 0.1) is 0 Å². The zero-order valence-electron chi connectivity index (χ0n) is 28.5. The smallest absolute Gasteiger partial charge is 0.214 e. The van der Waals surface area contributed by atoms with Gasteiger partial charge < -0.3 is 0 Å². The summed E-state index contributed by atoms with van der Waals surface area (Å²) in [6.45, 7) is 17.9. The molecule has 0 fully saturated rings. The molecule has 0 aliphatic heterocycles. The Morgan fingerprint density at radius 1 is 0.457 bits per heavy atom. The second-order valence-corrected chi connectivity index (χ2v) is 17.1. The first-order valence-corrected chi connectivity index (χ1v) is 18.7. The molecular weight excluding hydrogens is 634 g/mol. The topological polar surface area (TPSA) is 0 Å². The molecule has 0 radical (unpaired) electrons. The molecule has 0 aliphatic rings. The van der Waals surface area contributed by atoms with E-state index in [1.165, 1.54) is 76.6 Å². The molecule has 0 aliphatic carbocycles. The first kappa shape index (κ1) is 35.8. The molecular formula is C43H46FeP2. The van der Waals surface area contributed by atoms with Crippen molar-refractivity contribution in [2.45, 2.75) is 61.6 Å². The van der Waals surface area contributed by atoms with Crippen LogP contribution in [-0.4, -0.2) is 0 Å². The third-order valence-electron chi connectivity index (χ3n) is 7.97. The van der Waals surface area contributed by atoms with Crippen molar-refractivity contribution >= 4 is 42.4 Å². The fraction of sp³-hybridized carbons (Fsp3) is 0.209. The third kappa shape index (κ3) is 9.28. The zero-order valence-corrected chi connectivity index (χ0v) is 31.4. The Morgan fingerprint density at radius 3 is 1.13 bits per heavy atom. The number of rotatable bonds is 7. The first-order valence-electron chi connectivity index (χ1n) is 15.9. The molecule has 0 bridgehead atoms. The zero-order chi connectivity index (χ0) is 32.1. The van der Waals surface area contributed by atoms with Crippen LogP contribution in [0.3, 0.4) is 0 Å². The van der Waals surface area contributed by atoms with Gasteiger partial charge in [-0.1, -0.05) is 131 Å². The van der Waals surface area contributed by atoms with Gasteiger partial charge in [-0.15, -0.1) is 5.30 Å². The van der Waals surface area contributed by atoms with Crippen molar-refractivity contribution in [2.24, 2.45) is 0 Å². The molecule has 0 nitrogen and oxygen atoms in total. The largest absolute Gasteiger partial charge is 2.00 e. The van der Waals surface area contributed by atoms with E-state index >= 15 is 0 Å². The van der Waals surface area contributed by atoms with E-state index in [2.05, 4.69) is 146 Å². The van der Waals surface area contributed by atoms with Crippen molar-refractivity contribution < 1.29 is 17.1 Å². The van der Waals surface area contributed by atoms with Crippen LogP contribution in [0.25, 0.3) is 0 Å². The average Bonchev–Trinajstić information content (AvgIpc) is 3.66. The summed E-state index contributed by atoms with van der Waals surface area (Å²) in [5, 5.41) is 7.36. The molecule has 6 aromatic carbocycles. The Hall–Kier alpha value is -3.04. The van der Waals surface area contributed by atoms with Crippen molar-refractivity contribution in [3.63, 3.8) is 0 Å². The SMILES string of the molecule is Cc1cc(C)cc(P(Cc2cc[cH-]c2P(c2cc(C)cc(C)c2)c2cc(C)cc(C)c2)c2cc(C)cc(C)c2)c1.[Fe+2].c1cc[cH-]c1. The van der Waals surface area contributed by atoms with Gasteiger partial charge >= 0.3 is 17.1 Å². The van der Waals surface area contributed by atoms with Crippen LogP contribution < -0.4 is 26.5 Å². The predicted molar refractivity (Wildman–Crippen MR) is 203 cm³/mol. The Kier molecular flexibility index (Phi) is 12.6. The van der Waals surface area contributed by atoms with Crippen LogP contribution in [0, 0.1) is 55.4 Å². The average molecular weight is 681 g/mol. The van der Waals surface area contributed by atoms with Crippen molar-refractivity contribution in [3.8, 4) is 0 Å². The summed E-state index contributed by atoms with van der Waals surface area (Å²) in [6.07, 6.45) is 1.05. The molecule has 6 rings (SSSR count). The monoisotopic (exact) mass is 680 g/mol. The van der Waals surface area contributed by atoms with E-state index in [1.807, 2.05) is 30.3 Å². The van der Waals surface area contributed by atoms with Gasteiger partial charge in [0.1, 0.15) is 0 Å². The molecule has 0 spiro atoms. The minimum Gasteiger partial charge on any atom is -0.214 e. The second-order valence-electron chi connectivity index (χ2n) is 12.7. The quantitative estimate of drug-likeness (QED) is 0.0895. The van der Waals surface area contributed by atoms with Crippen LogP contribution in [0.4, 0.5) is 0 Å². The number of benzene rings is 4. The fourth-order valence-corrected chi connectivity index (χ4v) is 12.1. The van der Waals surface area contributed by atoms with Crippen LogP contribution >= 0.6 is 15.8 Å². The minimum atomic E-state index is -0.677. The van der Waals surface area contributed by atoms with Gasteiger partial charge in [-0.3, -0.25) is 0 Å². The minimum absolute atomic E-state index is 0. The molecule has 6 aromatic rings. The Labute approximate surface area is 291 Å². The molecule has 0 amide bonds. The van der Waals surface area contributed by atoms with E-state index < -0.39 is 15.8 Å². The van der Waals surface area contributed by atoms with Crippen molar-refractivity contribution in [3.05, 3.63) is 171 Å². The molecule has 236 valence electrons. The normalized spacial score (nSPS) is 10.9.